The van der Waals surface area contributed by atoms with Gasteiger partial charge >= 0.3 is 0 Å². The van der Waals surface area contributed by atoms with Crippen LogP contribution in [0.25, 0.3) is 0 Å². The Hall–Kier alpha value is -2.37. The van der Waals surface area contributed by atoms with Gasteiger partial charge in [-0.25, -0.2) is 0 Å². The molecule has 2 unspecified atom stereocenters. The summed E-state index contributed by atoms with van der Waals surface area (Å²) >= 11 is 0. The Morgan fingerprint density at radius 2 is 1.70 bits per heavy atom. The van der Waals surface area contributed by atoms with Gasteiger partial charge < -0.3 is 9.84 Å². The minimum atomic E-state index is -0.454. The molecule has 0 saturated carbocycles. The van der Waals surface area contributed by atoms with Gasteiger partial charge in [0.2, 0.25) is 0 Å². The molecule has 4 aliphatic heterocycles. The number of ether oxygens (including phenoxy) is 1. The number of piperidine rings is 2. The second-order valence-corrected chi connectivity index (χ2v) is 8.45. The van der Waals surface area contributed by atoms with Gasteiger partial charge in [0.05, 0.1) is 24.1 Å². The highest BCUT2D eigenvalue weighted by molar-refractivity contribution is 5.97. The molecule has 4 saturated heterocycles. The standard InChI is InChI=1S/C22H24N2O3/c1-21-11-23-13-22(20(21)26,16-6-4-3-5-7-16)14-24(12-21)19(23)15-8-9-17(25)18(10-15)27-2/h3-10,19,25H,11-14H2,1-2H3. The lowest BCUT2D eigenvalue weighted by Crippen LogP contribution is -2.77. The van der Waals surface area contributed by atoms with E-state index in [2.05, 4.69) is 28.9 Å². The molecule has 2 aromatic rings. The molecule has 0 aromatic heterocycles. The fourth-order valence-corrected chi connectivity index (χ4v) is 5.59. The maximum absolute atomic E-state index is 13.5. The molecule has 4 heterocycles. The van der Waals surface area contributed by atoms with Crippen molar-refractivity contribution in [3.63, 3.8) is 0 Å². The van der Waals surface area contributed by atoms with E-state index in [0.29, 0.717) is 11.5 Å². The largest absolute Gasteiger partial charge is 0.504 e. The lowest BCUT2D eigenvalue weighted by molar-refractivity contribution is -0.185. The first-order chi connectivity index (χ1) is 13.0. The smallest absolute Gasteiger partial charge is 0.160 e. The van der Waals surface area contributed by atoms with Gasteiger partial charge in [0, 0.05) is 26.2 Å². The zero-order chi connectivity index (χ0) is 18.8. The molecular formula is C22H24N2O3. The second-order valence-electron chi connectivity index (χ2n) is 8.45. The SMILES string of the molecule is COc1cc(C2N3CC4(C)CN2CC(c2ccccc2)(C3)C4=O)ccc1O. The number of aromatic hydroxyl groups is 1. The molecule has 140 valence electrons. The number of methoxy groups -OCH3 is 1. The number of hydrogen-bond acceptors (Lipinski definition) is 5. The first kappa shape index (κ1) is 16.8. The number of carbonyl (C=O) groups excluding carboxylic acids is 1. The van der Waals surface area contributed by atoms with E-state index in [1.165, 1.54) is 0 Å². The number of phenolic OH excluding ortho intramolecular Hbond substituents is 1. The van der Waals surface area contributed by atoms with E-state index >= 15 is 0 Å². The summed E-state index contributed by atoms with van der Waals surface area (Å²) in [6.07, 6.45) is 0.109. The van der Waals surface area contributed by atoms with Crippen LogP contribution in [0.1, 0.15) is 24.2 Å². The topological polar surface area (TPSA) is 53.0 Å². The van der Waals surface area contributed by atoms with Crippen molar-refractivity contribution in [3.8, 4) is 11.5 Å². The van der Waals surface area contributed by atoms with Crippen LogP contribution in [0.2, 0.25) is 0 Å². The first-order valence-corrected chi connectivity index (χ1v) is 9.42. The van der Waals surface area contributed by atoms with Crippen molar-refractivity contribution in [1.29, 1.82) is 0 Å². The summed E-state index contributed by atoms with van der Waals surface area (Å²) in [4.78, 5) is 18.3. The van der Waals surface area contributed by atoms with E-state index in [1.807, 2.05) is 30.3 Å². The van der Waals surface area contributed by atoms with Crippen LogP contribution < -0.4 is 4.74 Å². The van der Waals surface area contributed by atoms with Crippen LogP contribution >= 0.6 is 0 Å². The van der Waals surface area contributed by atoms with Gasteiger partial charge in [-0.2, -0.15) is 0 Å². The van der Waals surface area contributed by atoms with Gasteiger partial charge in [-0.3, -0.25) is 14.6 Å². The molecule has 2 aromatic carbocycles. The Bertz CT molecular complexity index is 895. The Morgan fingerprint density at radius 3 is 2.33 bits per heavy atom. The summed E-state index contributed by atoms with van der Waals surface area (Å²) in [7, 11) is 1.57. The Morgan fingerprint density at radius 1 is 1.04 bits per heavy atom. The van der Waals surface area contributed by atoms with Gasteiger partial charge in [-0.05, 0) is 23.3 Å². The fourth-order valence-electron chi connectivity index (χ4n) is 5.59. The zero-order valence-corrected chi connectivity index (χ0v) is 15.7. The minimum Gasteiger partial charge on any atom is -0.504 e. The van der Waals surface area contributed by atoms with Gasteiger partial charge in [-0.15, -0.1) is 0 Å². The molecule has 27 heavy (non-hydrogen) atoms. The molecule has 1 N–H and O–H groups in total. The highest BCUT2D eigenvalue weighted by Gasteiger charge is 2.64. The highest BCUT2D eigenvalue weighted by atomic mass is 16.5. The van der Waals surface area contributed by atoms with Crippen LogP contribution in [0.15, 0.2) is 48.5 Å². The summed E-state index contributed by atoms with van der Waals surface area (Å²) in [6.45, 7) is 5.11. The summed E-state index contributed by atoms with van der Waals surface area (Å²) in [5.41, 5.74) is 1.42. The van der Waals surface area contributed by atoms with E-state index in [9.17, 15) is 9.90 Å². The van der Waals surface area contributed by atoms with Gasteiger partial charge in [0.15, 0.2) is 17.3 Å². The number of carbonyl (C=O) groups is 1. The summed E-state index contributed by atoms with van der Waals surface area (Å²) in [5, 5.41) is 9.95. The number of phenols is 1. The number of nitrogens with zero attached hydrogens (tertiary/aromatic N) is 2. The van der Waals surface area contributed by atoms with Crippen molar-refractivity contribution in [2.45, 2.75) is 18.5 Å². The third-order valence-electron chi connectivity index (χ3n) is 6.55. The quantitative estimate of drug-likeness (QED) is 0.907. The second kappa shape index (κ2) is 5.57. The normalized spacial score (nSPS) is 36.8. The summed E-state index contributed by atoms with van der Waals surface area (Å²) < 4.78 is 5.31. The molecule has 0 aliphatic carbocycles. The number of ketones is 1. The van der Waals surface area contributed by atoms with Crippen molar-refractivity contribution in [2.75, 3.05) is 33.3 Å². The van der Waals surface area contributed by atoms with Crippen LogP contribution in [0.3, 0.4) is 0 Å². The molecule has 5 nitrogen and oxygen atoms in total. The van der Waals surface area contributed by atoms with E-state index in [1.54, 1.807) is 13.2 Å². The Kier molecular flexibility index (Phi) is 3.46. The Balaban J connectivity index is 1.58. The third kappa shape index (κ3) is 2.22. The number of hydrogen-bond donors (Lipinski definition) is 1. The van der Waals surface area contributed by atoms with Crippen molar-refractivity contribution >= 4 is 5.78 Å². The van der Waals surface area contributed by atoms with Crippen LogP contribution in [-0.4, -0.2) is 54.0 Å². The average molecular weight is 364 g/mol. The number of rotatable bonds is 3. The molecule has 4 aliphatic rings. The molecular weight excluding hydrogens is 340 g/mol. The molecule has 4 bridgehead atoms. The molecule has 4 fully saturated rings. The first-order valence-electron chi connectivity index (χ1n) is 9.42. The van der Waals surface area contributed by atoms with Crippen molar-refractivity contribution in [2.24, 2.45) is 5.41 Å². The van der Waals surface area contributed by atoms with E-state index in [0.717, 1.165) is 37.3 Å². The monoisotopic (exact) mass is 364 g/mol. The molecule has 0 spiro atoms. The van der Waals surface area contributed by atoms with Crippen molar-refractivity contribution < 1.29 is 14.6 Å². The van der Waals surface area contributed by atoms with Crippen molar-refractivity contribution in [1.82, 2.24) is 9.80 Å². The molecule has 0 radical (unpaired) electrons. The molecule has 6 rings (SSSR count). The molecule has 0 amide bonds. The fraction of sp³-hybridized carbons (Fsp3) is 0.409. The van der Waals surface area contributed by atoms with Crippen LogP contribution in [0.4, 0.5) is 0 Å². The molecule has 2 atom stereocenters. The predicted octanol–water partition coefficient (Wildman–Crippen LogP) is 2.56. The van der Waals surface area contributed by atoms with E-state index in [-0.39, 0.29) is 17.3 Å². The minimum absolute atomic E-state index is 0.109. The van der Waals surface area contributed by atoms with Crippen LogP contribution in [-0.2, 0) is 10.2 Å². The lowest BCUT2D eigenvalue weighted by atomic mass is 9.58. The van der Waals surface area contributed by atoms with E-state index in [4.69, 9.17) is 4.74 Å². The van der Waals surface area contributed by atoms with Gasteiger partial charge in [0.1, 0.15) is 0 Å². The molecule has 5 heteroatoms. The lowest BCUT2D eigenvalue weighted by Gasteiger charge is -2.65. The maximum Gasteiger partial charge on any atom is 0.160 e. The highest BCUT2D eigenvalue weighted by Crippen LogP contribution is 2.53. The summed E-state index contributed by atoms with van der Waals surface area (Å²) in [6, 6.07) is 15.8. The van der Waals surface area contributed by atoms with E-state index < -0.39 is 5.41 Å². The average Bonchev–Trinajstić information content (AvgIpc) is 2.66. The number of benzene rings is 2. The van der Waals surface area contributed by atoms with Crippen LogP contribution in [0.5, 0.6) is 11.5 Å². The van der Waals surface area contributed by atoms with Crippen LogP contribution in [0, 0.1) is 5.41 Å². The van der Waals surface area contributed by atoms with Gasteiger partial charge in [-0.1, -0.05) is 43.3 Å². The maximum atomic E-state index is 13.5. The summed E-state index contributed by atoms with van der Waals surface area (Å²) in [5.74, 6) is 1.03. The van der Waals surface area contributed by atoms with Gasteiger partial charge in [0.25, 0.3) is 0 Å². The third-order valence-corrected chi connectivity index (χ3v) is 6.55. The predicted molar refractivity (Wildman–Crippen MR) is 102 cm³/mol. The van der Waals surface area contributed by atoms with Crippen molar-refractivity contribution in [3.05, 3.63) is 59.7 Å². The number of Topliss-reactive ketones (excluding diaryl/α,β-unsaturated/α-hetero) is 1. The zero-order valence-electron chi connectivity index (χ0n) is 15.7. The Labute approximate surface area is 159 Å².